The van der Waals surface area contributed by atoms with E-state index in [2.05, 4.69) is 10.3 Å². The fraction of sp³-hybridized carbons (Fsp3) is 0.567. The van der Waals surface area contributed by atoms with Gasteiger partial charge in [-0.3, -0.25) is 14.6 Å². The Hall–Kier alpha value is -3.11. The Kier molecular flexibility index (Phi) is 9.33. The van der Waals surface area contributed by atoms with Crippen molar-refractivity contribution in [2.45, 2.75) is 89.7 Å². The maximum absolute atomic E-state index is 14.0. The standard InChI is InChI=1S/C30H35F6N3O2/c1-3-18(2)27(40)38-26(19-8-5-4-6-9-19)28(41)39-13-7-10-25(39)24-16-20(11-12-37-24)21-14-22(29(31,32)33)17-23(15-21)30(34,35)36/h11-12,14-19,25-26H,3-10,13H2,1-2H3,(H,38,40). The molecule has 2 aliphatic rings. The lowest BCUT2D eigenvalue weighted by atomic mass is 9.83. The number of nitrogens with one attached hydrogen (secondary N) is 1. The largest absolute Gasteiger partial charge is 0.416 e. The number of benzene rings is 1. The van der Waals surface area contributed by atoms with Gasteiger partial charge in [-0.15, -0.1) is 0 Å². The summed E-state index contributed by atoms with van der Waals surface area (Å²) in [6.07, 6.45) is -2.12. The van der Waals surface area contributed by atoms with Crippen LogP contribution in [0.5, 0.6) is 0 Å². The normalized spacial score (nSPS) is 20.1. The topological polar surface area (TPSA) is 62.3 Å². The van der Waals surface area contributed by atoms with Crippen molar-refractivity contribution < 1.29 is 35.9 Å². The lowest BCUT2D eigenvalue weighted by molar-refractivity contribution is -0.143. The molecule has 1 saturated carbocycles. The van der Waals surface area contributed by atoms with E-state index in [4.69, 9.17) is 0 Å². The van der Waals surface area contributed by atoms with E-state index in [1.165, 1.54) is 18.3 Å². The van der Waals surface area contributed by atoms with Crippen LogP contribution in [0.3, 0.4) is 0 Å². The van der Waals surface area contributed by atoms with Gasteiger partial charge in [0.25, 0.3) is 0 Å². The Labute approximate surface area is 235 Å². The summed E-state index contributed by atoms with van der Waals surface area (Å²) in [4.78, 5) is 32.8. The maximum atomic E-state index is 14.0. The Bertz CT molecular complexity index is 1210. The average molecular weight is 584 g/mol. The van der Waals surface area contributed by atoms with Crippen LogP contribution in [-0.4, -0.2) is 34.3 Å². The van der Waals surface area contributed by atoms with Crippen molar-refractivity contribution in [1.82, 2.24) is 15.2 Å². The van der Waals surface area contributed by atoms with Crippen LogP contribution in [0.4, 0.5) is 26.3 Å². The van der Waals surface area contributed by atoms with Gasteiger partial charge in [-0.25, -0.2) is 0 Å². The summed E-state index contributed by atoms with van der Waals surface area (Å²) in [5.74, 6) is -0.662. The predicted octanol–water partition coefficient (Wildman–Crippen LogP) is 7.56. The fourth-order valence-electron chi connectivity index (χ4n) is 5.78. The van der Waals surface area contributed by atoms with Crippen LogP contribution in [0.1, 0.15) is 88.1 Å². The molecule has 224 valence electrons. The molecule has 5 nitrogen and oxygen atoms in total. The number of hydrogen-bond acceptors (Lipinski definition) is 3. The van der Waals surface area contributed by atoms with Gasteiger partial charge in [-0.1, -0.05) is 33.1 Å². The molecule has 0 radical (unpaired) electrons. The number of aromatic nitrogens is 1. The van der Waals surface area contributed by atoms with Crippen molar-refractivity contribution in [3.05, 3.63) is 53.3 Å². The number of amides is 2. The highest BCUT2D eigenvalue weighted by molar-refractivity contribution is 5.89. The summed E-state index contributed by atoms with van der Waals surface area (Å²) in [5.41, 5.74) is -2.51. The number of carbonyl (C=O) groups is 2. The Balaban J connectivity index is 1.66. The van der Waals surface area contributed by atoms with E-state index in [-0.39, 0.29) is 40.8 Å². The first-order valence-electron chi connectivity index (χ1n) is 14.2. The lowest BCUT2D eigenvalue weighted by Gasteiger charge is -2.35. The molecule has 3 atom stereocenters. The molecule has 2 aromatic rings. The Morgan fingerprint density at radius 2 is 1.56 bits per heavy atom. The van der Waals surface area contributed by atoms with Gasteiger partial charge in [0.1, 0.15) is 6.04 Å². The third-order valence-corrected chi connectivity index (χ3v) is 8.32. The van der Waals surface area contributed by atoms with Crippen LogP contribution in [0.2, 0.25) is 0 Å². The average Bonchev–Trinajstić information content (AvgIpc) is 3.44. The van der Waals surface area contributed by atoms with Gasteiger partial charge in [0.2, 0.25) is 11.8 Å². The highest BCUT2D eigenvalue weighted by Crippen LogP contribution is 2.40. The molecule has 2 fully saturated rings. The van der Waals surface area contributed by atoms with Crippen molar-refractivity contribution in [2.24, 2.45) is 11.8 Å². The second-order valence-electron chi connectivity index (χ2n) is 11.1. The Morgan fingerprint density at radius 3 is 2.15 bits per heavy atom. The van der Waals surface area contributed by atoms with E-state index in [0.29, 0.717) is 43.6 Å². The molecule has 41 heavy (non-hydrogen) atoms. The number of rotatable bonds is 7. The molecular formula is C30H35F6N3O2. The molecule has 1 N–H and O–H groups in total. The van der Waals surface area contributed by atoms with Crippen LogP contribution < -0.4 is 5.32 Å². The fourth-order valence-corrected chi connectivity index (χ4v) is 5.78. The number of hydrogen-bond donors (Lipinski definition) is 1. The lowest BCUT2D eigenvalue weighted by Crippen LogP contribution is -2.53. The number of pyridine rings is 1. The monoisotopic (exact) mass is 583 g/mol. The summed E-state index contributed by atoms with van der Waals surface area (Å²) in [5, 5.41) is 3.00. The summed E-state index contributed by atoms with van der Waals surface area (Å²) < 4.78 is 80.7. The van der Waals surface area contributed by atoms with Crippen LogP contribution in [0.15, 0.2) is 36.5 Å². The molecule has 11 heteroatoms. The molecule has 1 aliphatic carbocycles. The second kappa shape index (κ2) is 12.4. The molecule has 1 aromatic carbocycles. The number of halogens is 6. The second-order valence-corrected chi connectivity index (χ2v) is 11.1. The molecule has 1 saturated heterocycles. The molecule has 1 aliphatic heterocycles. The van der Waals surface area contributed by atoms with Gasteiger partial charge in [0.15, 0.2) is 0 Å². The Morgan fingerprint density at radius 1 is 0.927 bits per heavy atom. The highest BCUT2D eigenvalue weighted by atomic mass is 19.4. The predicted molar refractivity (Wildman–Crippen MR) is 141 cm³/mol. The zero-order chi connectivity index (χ0) is 29.9. The zero-order valence-corrected chi connectivity index (χ0v) is 23.1. The summed E-state index contributed by atoms with van der Waals surface area (Å²) >= 11 is 0. The molecule has 1 aromatic heterocycles. The summed E-state index contributed by atoms with van der Waals surface area (Å²) in [6, 6.07) is 3.09. The molecule has 0 spiro atoms. The quantitative estimate of drug-likeness (QED) is 0.342. The highest BCUT2D eigenvalue weighted by Gasteiger charge is 2.40. The minimum absolute atomic E-state index is 0.00398. The van der Waals surface area contributed by atoms with Crippen molar-refractivity contribution >= 4 is 11.8 Å². The molecular weight excluding hydrogens is 548 g/mol. The molecule has 2 heterocycles. The van der Waals surface area contributed by atoms with Gasteiger partial charge >= 0.3 is 12.4 Å². The van der Waals surface area contributed by atoms with Crippen molar-refractivity contribution in [3.63, 3.8) is 0 Å². The maximum Gasteiger partial charge on any atom is 0.416 e. The number of alkyl halides is 6. The van der Waals surface area contributed by atoms with E-state index in [9.17, 15) is 35.9 Å². The minimum atomic E-state index is -4.96. The SMILES string of the molecule is CCC(C)C(=O)NC(C(=O)N1CCCC1c1cc(-c2cc(C(F)(F)F)cc(C(F)(F)F)c2)ccn1)C1CCCCC1. The zero-order valence-electron chi connectivity index (χ0n) is 23.1. The number of likely N-dealkylation sites (tertiary alicyclic amines) is 1. The summed E-state index contributed by atoms with van der Waals surface area (Å²) in [7, 11) is 0. The van der Waals surface area contributed by atoms with Crippen LogP contribution >= 0.6 is 0 Å². The van der Waals surface area contributed by atoms with Gasteiger partial charge < -0.3 is 10.2 Å². The molecule has 0 bridgehead atoms. The van der Waals surface area contributed by atoms with E-state index >= 15 is 0 Å². The third-order valence-electron chi connectivity index (χ3n) is 8.32. The molecule has 3 unspecified atom stereocenters. The van der Waals surface area contributed by atoms with E-state index in [0.717, 1.165) is 32.1 Å². The first-order valence-corrected chi connectivity index (χ1v) is 14.2. The molecule has 2 amide bonds. The first-order chi connectivity index (χ1) is 19.3. The van der Waals surface area contributed by atoms with Gasteiger partial charge in [0.05, 0.1) is 22.9 Å². The first kappa shape index (κ1) is 30.8. The minimum Gasteiger partial charge on any atom is -0.344 e. The third kappa shape index (κ3) is 7.22. The number of nitrogens with zero attached hydrogens (tertiary/aromatic N) is 2. The van der Waals surface area contributed by atoms with Crippen molar-refractivity contribution in [2.75, 3.05) is 6.54 Å². The molecule has 4 rings (SSSR count). The van der Waals surface area contributed by atoms with Crippen LogP contribution in [-0.2, 0) is 21.9 Å². The van der Waals surface area contributed by atoms with Gasteiger partial charge in [-0.2, -0.15) is 26.3 Å². The van der Waals surface area contributed by atoms with E-state index in [1.54, 1.807) is 4.90 Å². The summed E-state index contributed by atoms with van der Waals surface area (Å²) in [6.45, 7) is 4.13. The number of carbonyl (C=O) groups excluding carboxylic acids is 2. The smallest absolute Gasteiger partial charge is 0.344 e. The van der Waals surface area contributed by atoms with Gasteiger partial charge in [0, 0.05) is 18.7 Å². The van der Waals surface area contributed by atoms with Gasteiger partial charge in [-0.05, 0) is 79.5 Å². The van der Waals surface area contributed by atoms with Crippen molar-refractivity contribution in [1.29, 1.82) is 0 Å². The van der Waals surface area contributed by atoms with E-state index < -0.39 is 35.6 Å². The van der Waals surface area contributed by atoms with E-state index in [1.807, 2.05) is 13.8 Å². The van der Waals surface area contributed by atoms with Crippen LogP contribution in [0.25, 0.3) is 11.1 Å². The van der Waals surface area contributed by atoms with Crippen molar-refractivity contribution in [3.8, 4) is 11.1 Å². The van der Waals surface area contributed by atoms with Crippen LogP contribution in [0, 0.1) is 11.8 Å².